The van der Waals surface area contributed by atoms with Gasteiger partial charge in [0.1, 0.15) is 11.9 Å². The van der Waals surface area contributed by atoms with Gasteiger partial charge in [-0.2, -0.15) is 0 Å². The van der Waals surface area contributed by atoms with E-state index in [1.54, 1.807) is 6.20 Å². The van der Waals surface area contributed by atoms with Gasteiger partial charge in [-0.05, 0) is 35.0 Å². The fourth-order valence-corrected chi connectivity index (χ4v) is 2.06. The van der Waals surface area contributed by atoms with E-state index in [1.165, 1.54) is 12.4 Å². The van der Waals surface area contributed by atoms with Gasteiger partial charge in [-0.1, -0.05) is 6.07 Å². The lowest BCUT2D eigenvalue weighted by Gasteiger charge is -2.15. The summed E-state index contributed by atoms with van der Waals surface area (Å²) in [7, 11) is 0. The molecule has 0 fully saturated rings. The molecule has 19 heavy (non-hydrogen) atoms. The van der Waals surface area contributed by atoms with Gasteiger partial charge in [-0.3, -0.25) is 20.1 Å². The lowest BCUT2D eigenvalue weighted by Crippen LogP contribution is -2.10. The highest BCUT2D eigenvalue weighted by Gasteiger charge is 2.19. The average Bonchev–Trinajstić information content (AvgIpc) is 2.41. The molecule has 2 heterocycles. The molecular formula is C12H11BrN4O2. The van der Waals surface area contributed by atoms with E-state index in [0.29, 0.717) is 10.2 Å². The largest absolute Gasteiger partial charge is 0.370 e. The number of nitrogens with one attached hydrogen (secondary N) is 1. The van der Waals surface area contributed by atoms with Crippen LogP contribution in [-0.4, -0.2) is 14.9 Å². The van der Waals surface area contributed by atoms with Gasteiger partial charge in [0, 0.05) is 12.4 Å². The first-order valence-electron chi connectivity index (χ1n) is 5.55. The van der Waals surface area contributed by atoms with Crippen LogP contribution >= 0.6 is 15.9 Å². The first-order chi connectivity index (χ1) is 9.09. The molecule has 0 spiro atoms. The molecule has 1 N–H and O–H groups in total. The Morgan fingerprint density at radius 2 is 2.21 bits per heavy atom. The Kier molecular flexibility index (Phi) is 4.06. The van der Waals surface area contributed by atoms with Crippen LogP contribution in [0, 0.1) is 10.1 Å². The van der Waals surface area contributed by atoms with Crippen LogP contribution in [0.15, 0.2) is 41.3 Å². The second kappa shape index (κ2) is 5.75. The quantitative estimate of drug-likeness (QED) is 0.689. The molecule has 6 nitrogen and oxygen atoms in total. The zero-order valence-corrected chi connectivity index (χ0v) is 11.7. The summed E-state index contributed by atoms with van der Waals surface area (Å²) in [6.07, 6.45) is 4.42. The van der Waals surface area contributed by atoms with Gasteiger partial charge in [0.15, 0.2) is 0 Å². The molecule has 2 rings (SSSR count). The summed E-state index contributed by atoms with van der Waals surface area (Å²) in [6.45, 7) is 1.89. The minimum absolute atomic E-state index is 0.0721. The summed E-state index contributed by atoms with van der Waals surface area (Å²) in [5, 5.41) is 14.1. The predicted octanol–water partition coefficient (Wildman–Crippen LogP) is 3.32. The van der Waals surface area contributed by atoms with Crippen molar-refractivity contribution in [3.8, 4) is 0 Å². The maximum atomic E-state index is 11.0. The standard InChI is InChI=1S/C12H11BrN4O2/c1-8(10-4-2-3-5-15-10)16-12-9(13)6-14-7-11(12)17(18)19/h2-8H,1H3,(H,14,16). The van der Waals surface area contributed by atoms with E-state index in [9.17, 15) is 10.1 Å². The summed E-state index contributed by atoms with van der Waals surface area (Å²) >= 11 is 3.27. The Balaban J connectivity index is 2.31. The minimum atomic E-state index is -0.467. The minimum Gasteiger partial charge on any atom is -0.370 e. The van der Waals surface area contributed by atoms with Crippen molar-refractivity contribution >= 4 is 27.3 Å². The number of hydrogen-bond acceptors (Lipinski definition) is 5. The third-order valence-electron chi connectivity index (χ3n) is 2.57. The molecule has 0 saturated carbocycles. The summed E-state index contributed by atoms with van der Waals surface area (Å²) in [6, 6.07) is 5.40. The molecule has 1 unspecified atom stereocenters. The first-order valence-corrected chi connectivity index (χ1v) is 6.34. The zero-order valence-electron chi connectivity index (χ0n) is 10.1. The van der Waals surface area contributed by atoms with Crippen LogP contribution in [0.4, 0.5) is 11.4 Å². The van der Waals surface area contributed by atoms with Crippen LogP contribution in [0.3, 0.4) is 0 Å². The van der Waals surface area contributed by atoms with Crippen molar-refractivity contribution in [2.45, 2.75) is 13.0 Å². The normalized spacial score (nSPS) is 11.9. The van der Waals surface area contributed by atoms with Crippen molar-refractivity contribution < 1.29 is 4.92 Å². The number of aromatic nitrogens is 2. The zero-order chi connectivity index (χ0) is 13.8. The highest BCUT2D eigenvalue weighted by Crippen LogP contribution is 2.33. The fraction of sp³-hybridized carbons (Fsp3) is 0.167. The number of pyridine rings is 2. The maximum absolute atomic E-state index is 11.0. The van der Waals surface area contributed by atoms with Crippen molar-refractivity contribution in [1.82, 2.24) is 9.97 Å². The van der Waals surface area contributed by atoms with E-state index >= 15 is 0 Å². The molecule has 0 radical (unpaired) electrons. The van der Waals surface area contributed by atoms with Crippen molar-refractivity contribution in [2.75, 3.05) is 5.32 Å². The Bertz CT molecular complexity index is 592. The predicted molar refractivity (Wildman–Crippen MR) is 74.9 cm³/mol. The number of nitrogens with zero attached hydrogens (tertiary/aromatic N) is 3. The van der Waals surface area contributed by atoms with Gasteiger partial charge >= 0.3 is 5.69 Å². The highest BCUT2D eigenvalue weighted by atomic mass is 79.9. The Hall–Kier alpha value is -2.02. The topological polar surface area (TPSA) is 81.0 Å². The monoisotopic (exact) mass is 322 g/mol. The summed E-state index contributed by atoms with van der Waals surface area (Å²) in [4.78, 5) is 18.5. The van der Waals surface area contributed by atoms with Crippen LogP contribution in [0.5, 0.6) is 0 Å². The summed E-state index contributed by atoms with van der Waals surface area (Å²) in [5.41, 5.74) is 1.14. The number of nitro groups is 1. The van der Waals surface area contributed by atoms with E-state index in [-0.39, 0.29) is 11.7 Å². The number of anilines is 1. The first kappa shape index (κ1) is 13.4. The summed E-state index contributed by atoms with van der Waals surface area (Å²) in [5.74, 6) is 0. The van der Waals surface area contributed by atoms with Gasteiger partial charge in [0.25, 0.3) is 0 Å². The molecule has 2 aromatic rings. The number of halogens is 1. The third-order valence-corrected chi connectivity index (χ3v) is 3.17. The Morgan fingerprint density at radius 1 is 1.42 bits per heavy atom. The van der Waals surface area contributed by atoms with Gasteiger partial charge in [0.2, 0.25) is 0 Å². The molecule has 0 saturated heterocycles. The SMILES string of the molecule is CC(Nc1c(Br)cncc1[N+](=O)[O-])c1ccccn1. The third kappa shape index (κ3) is 3.05. The molecule has 0 amide bonds. The highest BCUT2D eigenvalue weighted by molar-refractivity contribution is 9.10. The Labute approximate surface area is 118 Å². The van der Waals surface area contributed by atoms with Crippen LogP contribution in [0.1, 0.15) is 18.7 Å². The van der Waals surface area contributed by atoms with E-state index in [2.05, 4.69) is 31.2 Å². The van der Waals surface area contributed by atoms with Gasteiger partial charge in [0.05, 0.1) is 21.1 Å². The Morgan fingerprint density at radius 3 is 2.84 bits per heavy atom. The van der Waals surface area contributed by atoms with Crippen LogP contribution < -0.4 is 5.32 Å². The molecular weight excluding hydrogens is 312 g/mol. The lowest BCUT2D eigenvalue weighted by atomic mass is 10.2. The number of rotatable bonds is 4. The molecule has 0 bridgehead atoms. The molecule has 0 aliphatic carbocycles. The summed E-state index contributed by atoms with van der Waals surface area (Å²) < 4.78 is 0.546. The molecule has 0 aromatic carbocycles. The lowest BCUT2D eigenvalue weighted by molar-refractivity contribution is -0.384. The molecule has 2 aromatic heterocycles. The van der Waals surface area contributed by atoms with Crippen molar-refractivity contribution in [2.24, 2.45) is 0 Å². The average molecular weight is 323 g/mol. The van der Waals surface area contributed by atoms with Crippen LogP contribution in [-0.2, 0) is 0 Å². The van der Waals surface area contributed by atoms with Crippen molar-refractivity contribution in [3.63, 3.8) is 0 Å². The van der Waals surface area contributed by atoms with E-state index < -0.39 is 4.92 Å². The fourth-order valence-electron chi connectivity index (χ4n) is 1.63. The van der Waals surface area contributed by atoms with E-state index in [1.807, 2.05) is 25.1 Å². The van der Waals surface area contributed by atoms with E-state index in [4.69, 9.17) is 0 Å². The van der Waals surface area contributed by atoms with Gasteiger partial charge < -0.3 is 5.32 Å². The second-order valence-electron chi connectivity index (χ2n) is 3.89. The molecule has 98 valence electrons. The molecule has 7 heteroatoms. The van der Waals surface area contributed by atoms with Crippen LogP contribution in [0.2, 0.25) is 0 Å². The second-order valence-corrected chi connectivity index (χ2v) is 4.75. The molecule has 0 aliphatic heterocycles. The van der Waals surface area contributed by atoms with Crippen molar-refractivity contribution in [1.29, 1.82) is 0 Å². The molecule has 1 atom stereocenters. The maximum Gasteiger partial charge on any atom is 0.311 e. The van der Waals surface area contributed by atoms with E-state index in [0.717, 1.165) is 5.69 Å². The van der Waals surface area contributed by atoms with Gasteiger partial charge in [-0.25, -0.2) is 0 Å². The molecule has 0 aliphatic rings. The smallest absolute Gasteiger partial charge is 0.311 e. The van der Waals surface area contributed by atoms with Crippen LogP contribution in [0.25, 0.3) is 0 Å². The van der Waals surface area contributed by atoms with Gasteiger partial charge in [-0.15, -0.1) is 0 Å². The number of hydrogen-bond donors (Lipinski definition) is 1. The van der Waals surface area contributed by atoms with Crippen molar-refractivity contribution in [3.05, 3.63) is 57.1 Å².